The van der Waals surface area contributed by atoms with Crippen molar-refractivity contribution < 1.29 is 14.3 Å². The van der Waals surface area contributed by atoms with Gasteiger partial charge in [0.05, 0.1) is 19.3 Å². The Kier molecular flexibility index (Phi) is 3.68. The second-order valence-corrected chi connectivity index (χ2v) is 4.04. The van der Waals surface area contributed by atoms with Gasteiger partial charge in [-0.2, -0.15) is 5.26 Å². The van der Waals surface area contributed by atoms with Gasteiger partial charge in [0.15, 0.2) is 11.5 Å². The van der Waals surface area contributed by atoms with E-state index in [1.807, 2.05) is 6.07 Å². The average Bonchev–Trinajstić information content (AvgIpc) is 2.62. The Bertz CT molecular complexity index is 493. The highest BCUT2D eigenvalue weighted by molar-refractivity contribution is 5.95. The summed E-state index contributed by atoms with van der Waals surface area (Å²) in [6.07, 6.45) is 0.821. The Morgan fingerprint density at radius 1 is 1.39 bits per heavy atom. The number of carbonyl (C=O) groups excluding carboxylic acids is 1. The third kappa shape index (κ3) is 2.72. The molecule has 0 bridgehead atoms. The molecule has 1 aromatic carbocycles. The van der Waals surface area contributed by atoms with Crippen molar-refractivity contribution in [3.05, 3.63) is 23.8 Å². The van der Waals surface area contributed by atoms with Crippen LogP contribution in [-0.2, 0) is 0 Å². The molecule has 1 aromatic rings. The molecule has 1 atom stereocenters. The normalized spacial score (nSPS) is 15.1. The summed E-state index contributed by atoms with van der Waals surface area (Å²) in [5.74, 6) is 0.932. The lowest BCUT2D eigenvalue weighted by Gasteiger charge is -2.10. The van der Waals surface area contributed by atoms with Crippen molar-refractivity contribution in [2.75, 3.05) is 13.2 Å². The molecule has 1 heterocycles. The van der Waals surface area contributed by atoms with Crippen molar-refractivity contribution in [2.45, 2.75) is 19.4 Å². The molecule has 0 unspecified atom stereocenters. The summed E-state index contributed by atoms with van der Waals surface area (Å²) < 4.78 is 11.0. The third-order valence-corrected chi connectivity index (χ3v) is 2.55. The van der Waals surface area contributed by atoms with Crippen LogP contribution in [0.5, 0.6) is 11.5 Å². The van der Waals surface area contributed by atoms with Gasteiger partial charge >= 0.3 is 0 Å². The smallest absolute Gasteiger partial charge is 0.252 e. The van der Waals surface area contributed by atoms with E-state index in [2.05, 4.69) is 5.32 Å². The van der Waals surface area contributed by atoms with Crippen molar-refractivity contribution in [3.8, 4) is 17.6 Å². The minimum absolute atomic E-state index is 0.292. The van der Waals surface area contributed by atoms with Crippen molar-refractivity contribution in [2.24, 2.45) is 0 Å². The molecule has 0 radical (unpaired) electrons. The minimum Gasteiger partial charge on any atom is -0.490 e. The van der Waals surface area contributed by atoms with E-state index in [1.54, 1.807) is 25.1 Å². The molecule has 0 saturated heterocycles. The van der Waals surface area contributed by atoms with E-state index in [1.165, 1.54) is 0 Å². The zero-order valence-corrected chi connectivity index (χ0v) is 10.1. The monoisotopic (exact) mass is 246 g/mol. The summed E-state index contributed by atoms with van der Waals surface area (Å²) >= 11 is 0. The summed E-state index contributed by atoms with van der Waals surface area (Å²) in [7, 11) is 0. The lowest BCUT2D eigenvalue weighted by atomic mass is 10.2. The van der Waals surface area contributed by atoms with Crippen LogP contribution in [-0.4, -0.2) is 25.2 Å². The number of amides is 1. The summed E-state index contributed by atoms with van der Waals surface area (Å²) in [6.45, 7) is 2.82. The van der Waals surface area contributed by atoms with E-state index in [9.17, 15) is 4.79 Å². The van der Waals surface area contributed by atoms with Crippen LogP contribution in [0.15, 0.2) is 18.2 Å². The third-order valence-electron chi connectivity index (χ3n) is 2.55. The van der Waals surface area contributed by atoms with Gasteiger partial charge in [0.2, 0.25) is 0 Å². The van der Waals surface area contributed by atoms with Gasteiger partial charge in [-0.15, -0.1) is 0 Å². The number of hydrogen-bond donors (Lipinski definition) is 1. The quantitative estimate of drug-likeness (QED) is 0.858. The van der Waals surface area contributed by atoms with E-state index in [4.69, 9.17) is 14.7 Å². The Labute approximate surface area is 105 Å². The van der Waals surface area contributed by atoms with E-state index >= 15 is 0 Å². The Hall–Kier alpha value is -2.22. The van der Waals surface area contributed by atoms with Crippen LogP contribution < -0.4 is 14.8 Å². The minimum atomic E-state index is -0.520. The highest BCUT2D eigenvalue weighted by Gasteiger charge is 2.15. The largest absolute Gasteiger partial charge is 0.490 e. The van der Waals surface area contributed by atoms with Crippen LogP contribution in [0.2, 0.25) is 0 Å². The molecular weight excluding hydrogens is 232 g/mol. The zero-order chi connectivity index (χ0) is 13.0. The number of nitrogens with zero attached hydrogens (tertiary/aromatic N) is 1. The first-order valence-electron chi connectivity index (χ1n) is 5.81. The molecule has 0 aliphatic carbocycles. The molecule has 1 N–H and O–H groups in total. The SMILES string of the molecule is C[C@@H](C#N)NC(=O)c1ccc2c(c1)OCCCO2. The standard InChI is InChI=1S/C13H14N2O3/c1-9(8-14)15-13(16)10-3-4-11-12(7-10)18-6-2-5-17-11/h3-4,7,9H,2,5-6H2,1H3,(H,15,16)/t9-/m0/s1. The molecule has 0 spiro atoms. The van der Waals surface area contributed by atoms with Gasteiger partial charge in [0.25, 0.3) is 5.91 Å². The topological polar surface area (TPSA) is 71.4 Å². The number of benzene rings is 1. The predicted molar refractivity (Wildman–Crippen MR) is 64.6 cm³/mol. The van der Waals surface area contributed by atoms with Crippen LogP contribution in [0.3, 0.4) is 0 Å². The van der Waals surface area contributed by atoms with Gasteiger partial charge in [-0.1, -0.05) is 0 Å². The van der Waals surface area contributed by atoms with Crippen molar-refractivity contribution >= 4 is 5.91 Å². The molecule has 5 heteroatoms. The molecular formula is C13H14N2O3. The summed E-state index contributed by atoms with van der Waals surface area (Å²) in [6, 6.07) is 6.44. The molecule has 0 fully saturated rings. The number of carbonyl (C=O) groups is 1. The van der Waals surface area contributed by atoms with Gasteiger partial charge in [-0.25, -0.2) is 0 Å². The van der Waals surface area contributed by atoms with Crippen LogP contribution in [0.1, 0.15) is 23.7 Å². The molecule has 1 aliphatic rings. The highest BCUT2D eigenvalue weighted by atomic mass is 16.5. The number of fused-ring (bicyclic) bond motifs is 1. The zero-order valence-electron chi connectivity index (χ0n) is 10.1. The summed E-state index contributed by atoms with van der Waals surface area (Å²) in [5, 5.41) is 11.2. The van der Waals surface area contributed by atoms with Crippen molar-refractivity contribution in [1.29, 1.82) is 5.26 Å². The number of ether oxygens (including phenoxy) is 2. The summed E-state index contributed by atoms with van der Waals surface area (Å²) in [4.78, 5) is 11.8. The maximum atomic E-state index is 11.8. The molecule has 18 heavy (non-hydrogen) atoms. The van der Waals surface area contributed by atoms with E-state index in [0.29, 0.717) is 30.3 Å². The second kappa shape index (κ2) is 5.41. The maximum Gasteiger partial charge on any atom is 0.252 e. The fourth-order valence-corrected chi connectivity index (χ4v) is 1.62. The summed E-state index contributed by atoms with van der Waals surface area (Å²) in [5.41, 5.74) is 0.460. The van der Waals surface area contributed by atoms with E-state index in [-0.39, 0.29) is 5.91 Å². The molecule has 94 valence electrons. The second-order valence-electron chi connectivity index (χ2n) is 4.04. The Morgan fingerprint density at radius 3 is 2.83 bits per heavy atom. The first-order valence-corrected chi connectivity index (χ1v) is 5.81. The van der Waals surface area contributed by atoms with E-state index in [0.717, 1.165) is 6.42 Å². The number of nitriles is 1. The highest BCUT2D eigenvalue weighted by Crippen LogP contribution is 2.30. The molecule has 1 aliphatic heterocycles. The fraction of sp³-hybridized carbons (Fsp3) is 0.385. The molecule has 0 saturated carbocycles. The molecule has 5 nitrogen and oxygen atoms in total. The van der Waals surface area contributed by atoms with Gasteiger partial charge in [-0.05, 0) is 25.1 Å². The van der Waals surface area contributed by atoms with Gasteiger partial charge in [0, 0.05) is 12.0 Å². The fourth-order valence-electron chi connectivity index (χ4n) is 1.62. The first kappa shape index (κ1) is 12.2. The lowest BCUT2D eigenvalue weighted by molar-refractivity contribution is 0.0947. The molecule has 2 rings (SSSR count). The van der Waals surface area contributed by atoms with Gasteiger partial charge in [-0.3, -0.25) is 4.79 Å². The van der Waals surface area contributed by atoms with Crippen molar-refractivity contribution in [3.63, 3.8) is 0 Å². The van der Waals surface area contributed by atoms with Gasteiger partial charge in [0.1, 0.15) is 6.04 Å². The Morgan fingerprint density at radius 2 is 2.11 bits per heavy atom. The lowest BCUT2D eigenvalue weighted by Crippen LogP contribution is -2.31. The van der Waals surface area contributed by atoms with E-state index < -0.39 is 6.04 Å². The first-order chi connectivity index (χ1) is 8.70. The number of rotatable bonds is 2. The number of nitrogens with one attached hydrogen (secondary N) is 1. The molecule has 1 amide bonds. The van der Waals surface area contributed by atoms with Crippen LogP contribution in [0.25, 0.3) is 0 Å². The predicted octanol–water partition coefficient (Wildman–Crippen LogP) is 1.49. The number of hydrogen-bond acceptors (Lipinski definition) is 4. The van der Waals surface area contributed by atoms with Crippen molar-refractivity contribution in [1.82, 2.24) is 5.32 Å². The van der Waals surface area contributed by atoms with Gasteiger partial charge < -0.3 is 14.8 Å². The Balaban J connectivity index is 2.18. The van der Waals surface area contributed by atoms with Crippen LogP contribution >= 0.6 is 0 Å². The van der Waals surface area contributed by atoms with Crippen LogP contribution in [0, 0.1) is 11.3 Å². The molecule has 0 aromatic heterocycles. The maximum absolute atomic E-state index is 11.8. The average molecular weight is 246 g/mol. The van der Waals surface area contributed by atoms with Crippen LogP contribution in [0.4, 0.5) is 0 Å².